The molecule has 4 rings (SSSR count). The molecule has 0 saturated heterocycles. The molecule has 4 aromatic rings. The molecule has 0 radical (unpaired) electrons. The monoisotopic (exact) mass is 390 g/mol. The van der Waals surface area contributed by atoms with E-state index in [0.717, 1.165) is 58.7 Å². The third-order valence-electron chi connectivity index (χ3n) is 5.13. The van der Waals surface area contributed by atoms with Crippen LogP contribution < -0.4 is 10.5 Å². The van der Waals surface area contributed by atoms with E-state index in [0.29, 0.717) is 12.4 Å². The Bertz CT molecular complexity index is 1130. The number of aryl methyl sites for hydroxylation is 2. The lowest BCUT2D eigenvalue weighted by Gasteiger charge is -2.12. The van der Waals surface area contributed by atoms with Crippen molar-refractivity contribution < 1.29 is 4.74 Å². The van der Waals surface area contributed by atoms with Crippen LogP contribution in [0.1, 0.15) is 31.2 Å². The van der Waals surface area contributed by atoms with Crippen LogP contribution in [0.25, 0.3) is 22.3 Å². The van der Waals surface area contributed by atoms with Gasteiger partial charge in [-0.1, -0.05) is 25.5 Å². The third-order valence-corrected chi connectivity index (χ3v) is 5.13. The lowest BCUT2D eigenvalue weighted by atomic mass is 10.1. The number of hydrogen-bond acceptors (Lipinski definition) is 5. The van der Waals surface area contributed by atoms with Crippen LogP contribution in [0.2, 0.25) is 0 Å². The van der Waals surface area contributed by atoms with Gasteiger partial charge in [0.2, 0.25) is 0 Å². The number of ether oxygens (including phenoxy) is 1. The summed E-state index contributed by atoms with van der Waals surface area (Å²) in [5.41, 5.74) is 10.8. The van der Waals surface area contributed by atoms with E-state index in [-0.39, 0.29) is 0 Å². The second-order valence-electron chi connectivity index (χ2n) is 7.26. The largest absolute Gasteiger partial charge is 0.497 e. The van der Waals surface area contributed by atoms with Crippen LogP contribution in [0.4, 0.5) is 5.82 Å². The fourth-order valence-corrected chi connectivity index (χ4v) is 3.56. The van der Waals surface area contributed by atoms with Crippen LogP contribution in [-0.4, -0.2) is 31.4 Å². The van der Waals surface area contributed by atoms with Gasteiger partial charge in [-0.3, -0.25) is 0 Å². The first-order chi connectivity index (χ1) is 14.1. The van der Waals surface area contributed by atoms with Crippen LogP contribution >= 0.6 is 0 Å². The average molecular weight is 390 g/mol. The van der Waals surface area contributed by atoms with Crippen LogP contribution in [0.3, 0.4) is 0 Å². The predicted octanol–water partition coefficient (Wildman–Crippen LogP) is 3.81. The first kappa shape index (κ1) is 19.0. The van der Waals surface area contributed by atoms with Crippen molar-refractivity contribution in [1.29, 1.82) is 0 Å². The zero-order chi connectivity index (χ0) is 20.4. The Kier molecular flexibility index (Phi) is 5.20. The summed E-state index contributed by atoms with van der Waals surface area (Å²) >= 11 is 0. The minimum absolute atomic E-state index is 0.367. The number of benzene rings is 1. The van der Waals surface area contributed by atoms with E-state index in [4.69, 9.17) is 15.5 Å². The number of nitrogens with two attached hydrogens (primary N) is 1. The van der Waals surface area contributed by atoms with Gasteiger partial charge in [-0.05, 0) is 30.2 Å². The summed E-state index contributed by atoms with van der Waals surface area (Å²) in [6.45, 7) is 2.87. The Morgan fingerprint density at radius 1 is 1.10 bits per heavy atom. The molecule has 0 atom stereocenters. The quantitative estimate of drug-likeness (QED) is 0.519. The molecule has 0 fully saturated rings. The van der Waals surface area contributed by atoms with E-state index in [9.17, 15) is 0 Å². The molecule has 0 amide bonds. The van der Waals surface area contributed by atoms with Crippen molar-refractivity contribution in [3.05, 3.63) is 54.1 Å². The molecule has 0 unspecified atom stereocenters. The van der Waals surface area contributed by atoms with Gasteiger partial charge < -0.3 is 19.6 Å². The van der Waals surface area contributed by atoms with Gasteiger partial charge in [0.1, 0.15) is 28.3 Å². The number of nitrogens with zero attached hydrogens (tertiary/aromatic N) is 5. The fraction of sp³-hybridized carbons (Fsp3) is 0.318. The van der Waals surface area contributed by atoms with Gasteiger partial charge >= 0.3 is 0 Å². The maximum absolute atomic E-state index is 6.18. The van der Waals surface area contributed by atoms with Gasteiger partial charge in [-0.25, -0.2) is 4.98 Å². The van der Waals surface area contributed by atoms with Crippen molar-refractivity contribution in [2.24, 2.45) is 7.05 Å². The number of imidazole rings is 1. The Morgan fingerprint density at radius 3 is 2.55 bits per heavy atom. The molecular weight excluding hydrogens is 364 g/mol. The fourth-order valence-electron chi connectivity index (χ4n) is 3.56. The molecule has 0 bridgehead atoms. The summed E-state index contributed by atoms with van der Waals surface area (Å²) in [4.78, 5) is 4.88. The third kappa shape index (κ3) is 3.68. The van der Waals surface area contributed by atoms with Crippen LogP contribution in [0.15, 0.2) is 42.7 Å². The van der Waals surface area contributed by atoms with Crippen LogP contribution in [-0.2, 0) is 20.0 Å². The highest BCUT2D eigenvalue weighted by Gasteiger charge is 2.20. The maximum atomic E-state index is 6.18. The number of rotatable bonds is 7. The van der Waals surface area contributed by atoms with Gasteiger partial charge in [-0.15, -0.1) is 10.2 Å². The number of aromatic nitrogens is 5. The highest BCUT2D eigenvalue weighted by atomic mass is 16.5. The Morgan fingerprint density at radius 2 is 1.90 bits per heavy atom. The summed E-state index contributed by atoms with van der Waals surface area (Å²) in [7, 11) is 3.67. The van der Waals surface area contributed by atoms with Crippen LogP contribution in [0, 0.1) is 0 Å². The zero-order valence-corrected chi connectivity index (χ0v) is 17.1. The Hall–Kier alpha value is -3.35. The van der Waals surface area contributed by atoms with Gasteiger partial charge in [-0.2, -0.15) is 0 Å². The Balaban J connectivity index is 1.89. The number of nitrogen functional groups attached to an aromatic ring is 1. The van der Waals surface area contributed by atoms with Crippen LogP contribution in [0.5, 0.6) is 5.75 Å². The highest BCUT2D eigenvalue weighted by molar-refractivity contribution is 5.95. The molecule has 0 aliphatic heterocycles. The Labute approximate surface area is 170 Å². The molecule has 0 saturated carbocycles. The van der Waals surface area contributed by atoms with E-state index >= 15 is 0 Å². The summed E-state index contributed by atoms with van der Waals surface area (Å²) in [5.74, 6) is 2.22. The molecule has 3 heterocycles. The van der Waals surface area contributed by atoms with Crippen molar-refractivity contribution in [3.63, 3.8) is 0 Å². The molecular formula is C22H26N6O. The van der Waals surface area contributed by atoms with Gasteiger partial charge in [0, 0.05) is 38.0 Å². The van der Waals surface area contributed by atoms with E-state index < -0.39 is 0 Å². The topological polar surface area (TPSA) is 83.8 Å². The standard InChI is InChI=1S/C22H26N6O/c1-4-5-6-18-24-20-21(28(18)13-15-7-9-17(29-3)10-8-15)19(25-26-22(20)23)16-11-12-27(2)14-16/h7-12,14H,4-6,13H2,1-3H3,(H2,23,26). The normalized spacial score (nSPS) is 11.3. The molecule has 2 N–H and O–H groups in total. The molecule has 0 spiro atoms. The number of hydrogen-bond donors (Lipinski definition) is 1. The number of anilines is 1. The lowest BCUT2D eigenvalue weighted by molar-refractivity contribution is 0.414. The SMILES string of the molecule is CCCCc1nc2c(N)nnc(-c3ccn(C)c3)c2n1Cc1ccc(OC)cc1. The average Bonchev–Trinajstić information content (AvgIpc) is 3.32. The molecule has 0 aliphatic carbocycles. The number of methoxy groups -OCH3 is 1. The zero-order valence-electron chi connectivity index (χ0n) is 17.1. The van der Waals surface area contributed by atoms with Gasteiger partial charge in [0.05, 0.1) is 7.11 Å². The van der Waals surface area contributed by atoms with Crippen molar-refractivity contribution in [2.45, 2.75) is 32.7 Å². The van der Waals surface area contributed by atoms with E-state index in [1.54, 1.807) is 7.11 Å². The molecule has 7 nitrogen and oxygen atoms in total. The number of fused-ring (bicyclic) bond motifs is 1. The van der Waals surface area contributed by atoms with Crippen molar-refractivity contribution in [3.8, 4) is 17.0 Å². The van der Waals surface area contributed by atoms with Crippen molar-refractivity contribution in [2.75, 3.05) is 12.8 Å². The molecule has 150 valence electrons. The number of unbranched alkanes of at least 4 members (excludes halogenated alkanes) is 1. The molecule has 7 heteroatoms. The van der Waals surface area contributed by atoms with Gasteiger partial charge in [0.25, 0.3) is 0 Å². The van der Waals surface area contributed by atoms with Crippen molar-refractivity contribution in [1.82, 2.24) is 24.3 Å². The molecule has 0 aliphatic rings. The van der Waals surface area contributed by atoms with Gasteiger partial charge in [0.15, 0.2) is 5.82 Å². The first-order valence-electron chi connectivity index (χ1n) is 9.87. The predicted molar refractivity (Wildman–Crippen MR) is 115 cm³/mol. The molecule has 29 heavy (non-hydrogen) atoms. The molecule has 3 aromatic heterocycles. The van der Waals surface area contributed by atoms with Crippen molar-refractivity contribution >= 4 is 16.9 Å². The minimum atomic E-state index is 0.367. The van der Waals surface area contributed by atoms with E-state index in [1.807, 2.05) is 42.2 Å². The minimum Gasteiger partial charge on any atom is -0.497 e. The maximum Gasteiger partial charge on any atom is 0.174 e. The van der Waals surface area contributed by atoms with E-state index in [1.165, 1.54) is 0 Å². The lowest BCUT2D eigenvalue weighted by Crippen LogP contribution is -2.07. The van der Waals surface area contributed by atoms with E-state index in [2.05, 4.69) is 33.8 Å². The first-order valence-corrected chi connectivity index (χ1v) is 9.87. The summed E-state index contributed by atoms with van der Waals surface area (Å²) in [5, 5.41) is 8.63. The molecule has 1 aromatic carbocycles. The highest BCUT2D eigenvalue weighted by Crippen LogP contribution is 2.31. The second kappa shape index (κ2) is 7.95. The summed E-state index contributed by atoms with van der Waals surface area (Å²) in [6, 6.07) is 10.2. The smallest absolute Gasteiger partial charge is 0.174 e. The summed E-state index contributed by atoms with van der Waals surface area (Å²) < 4.78 is 9.53. The second-order valence-corrected chi connectivity index (χ2v) is 7.26. The summed E-state index contributed by atoms with van der Waals surface area (Å²) in [6.07, 6.45) is 7.09.